The molecule has 1 aromatic rings. The van der Waals surface area contributed by atoms with Crippen LogP contribution in [0.25, 0.3) is 0 Å². The number of aliphatic hydroxyl groups is 1. The molecule has 2 aliphatic rings. The second-order valence-electron chi connectivity index (χ2n) is 6.32. The second kappa shape index (κ2) is 5.44. The number of esters is 1. The zero-order chi connectivity index (χ0) is 16.7. The number of carbonyl (C=O) groups is 1. The normalized spacial score (nSPS) is 39.0. The lowest BCUT2D eigenvalue weighted by Crippen LogP contribution is -2.61. The van der Waals surface area contributed by atoms with Crippen molar-refractivity contribution < 1.29 is 24.1 Å². The first kappa shape index (κ1) is 16.2. The predicted molar refractivity (Wildman–Crippen MR) is 83.5 cm³/mol. The fourth-order valence-corrected chi connectivity index (χ4v) is 3.58. The Labute approximate surface area is 135 Å². The predicted octanol–water partition coefficient (Wildman–Crippen LogP) is 2.36. The van der Waals surface area contributed by atoms with E-state index in [0.717, 1.165) is 5.56 Å². The molecule has 0 unspecified atom stereocenters. The molecule has 2 aliphatic heterocycles. The van der Waals surface area contributed by atoms with Crippen LogP contribution in [0.15, 0.2) is 43.0 Å². The van der Waals surface area contributed by atoms with Crippen molar-refractivity contribution in [1.29, 1.82) is 0 Å². The molecular weight excluding hydrogens is 296 g/mol. The molecule has 0 bridgehead atoms. The maximum atomic E-state index is 12.8. The molecule has 0 spiro atoms. The van der Waals surface area contributed by atoms with E-state index >= 15 is 0 Å². The third-order valence-corrected chi connectivity index (χ3v) is 4.93. The van der Waals surface area contributed by atoms with Crippen molar-refractivity contribution in [1.82, 2.24) is 0 Å². The van der Waals surface area contributed by atoms with E-state index in [1.54, 1.807) is 19.9 Å². The summed E-state index contributed by atoms with van der Waals surface area (Å²) in [6, 6.07) is 9.49. The highest BCUT2D eigenvalue weighted by molar-refractivity contribution is 5.84. The van der Waals surface area contributed by atoms with Crippen molar-refractivity contribution in [2.45, 2.75) is 37.8 Å². The molecule has 5 nitrogen and oxygen atoms in total. The Morgan fingerprint density at radius 3 is 2.78 bits per heavy atom. The van der Waals surface area contributed by atoms with E-state index in [2.05, 4.69) is 6.58 Å². The molecule has 23 heavy (non-hydrogen) atoms. The molecule has 0 amide bonds. The molecule has 0 aromatic heterocycles. The number of hydrogen-bond donors (Lipinski definition) is 1. The van der Waals surface area contributed by atoms with Gasteiger partial charge in [0.25, 0.3) is 0 Å². The SMILES string of the molecule is C=C[C@@]1(C)CO[C@@]2(O)C[C@H](c3ccccc3)O[C@@]12C(=O)OCC. The van der Waals surface area contributed by atoms with Crippen LogP contribution in [0.1, 0.15) is 31.9 Å². The highest BCUT2D eigenvalue weighted by Crippen LogP contribution is 2.60. The number of rotatable bonds is 4. The van der Waals surface area contributed by atoms with Gasteiger partial charge in [-0.05, 0) is 12.5 Å². The summed E-state index contributed by atoms with van der Waals surface area (Å²) in [5, 5.41) is 11.1. The van der Waals surface area contributed by atoms with Crippen LogP contribution in [0.3, 0.4) is 0 Å². The molecule has 0 saturated carbocycles. The first-order valence-corrected chi connectivity index (χ1v) is 7.82. The molecule has 1 aromatic carbocycles. The van der Waals surface area contributed by atoms with E-state index in [4.69, 9.17) is 14.2 Å². The van der Waals surface area contributed by atoms with Crippen LogP contribution in [0.2, 0.25) is 0 Å². The highest BCUT2D eigenvalue weighted by atomic mass is 16.7. The largest absolute Gasteiger partial charge is 0.464 e. The molecule has 4 atom stereocenters. The first-order chi connectivity index (χ1) is 10.9. The molecular formula is C18H22O5. The summed E-state index contributed by atoms with van der Waals surface area (Å²) in [5.74, 6) is -2.34. The lowest BCUT2D eigenvalue weighted by Gasteiger charge is -2.39. The Balaban J connectivity index is 2.07. The van der Waals surface area contributed by atoms with E-state index in [1.807, 2.05) is 30.3 Å². The van der Waals surface area contributed by atoms with Crippen LogP contribution in [0.4, 0.5) is 0 Å². The molecule has 0 aliphatic carbocycles. The lowest BCUT2D eigenvalue weighted by molar-refractivity contribution is -0.239. The molecule has 3 rings (SSSR count). The van der Waals surface area contributed by atoms with Crippen LogP contribution in [0.5, 0.6) is 0 Å². The zero-order valence-electron chi connectivity index (χ0n) is 13.5. The Hall–Kier alpha value is -1.69. The summed E-state index contributed by atoms with van der Waals surface area (Å²) < 4.78 is 17.0. The summed E-state index contributed by atoms with van der Waals surface area (Å²) in [6.45, 7) is 7.67. The number of benzene rings is 1. The van der Waals surface area contributed by atoms with Gasteiger partial charge in [-0.15, -0.1) is 6.58 Å². The molecule has 0 radical (unpaired) electrons. The van der Waals surface area contributed by atoms with Gasteiger partial charge in [0.2, 0.25) is 11.4 Å². The summed E-state index contributed by atoms with van der Waals surface area (Å²) in [5.41, 5.74) is -1.61. The molecule has 2 fully saturated rings. The molecule has 5 heteroatoms. The van der Waals surface area contributed by atoms with Gasteiger partial charge in [0.1, 0.15) is 0 Å². The smallest absolute Gasteiger partial charge is 0.345 e. The quantitative estimate of drug-likeness (QED) is 0.682. The van der Waals surface area contributed by atoms with Gasteiger partial charge >= 0.3 is 5.97 Å². The average molecular weight is 318 g/mol. The van der Waals surface area contributed by atoms with Gasteiger partial charge in [-0.2, -0.15) is 0 Å². The van der Waals surface area contributed by atoms with Crippen LogP contribution in [-0.4, -0.2) is 35.7 Å². The summed E-state index contributed by atoms with van der Waals surface area (Å²) in [7, 11) is 0. The average Bonchev–Trinajstić information content (AvgIpc) is 2.99. The van der Waals surface area contributed by atoms with Crippen molar-refractivity contribution in [2.75, 3.05) is 13.2 Å². The summed E-state index contributed by atoms with van der Waals surface area (Å²) in [4.78, 5) is 12.8. The van der Waals surface area contributed by atoms with Gasteiger partial charge in [-0.1, -0.05) is 43.3 Å². The third-order valence-electron chi connectivity index (χ3n) is 4.93. The maximum absolute atomic E-state index is 12.8. The molecule has 2 heterocycles. The van der Waals surface area contributed by atoms with Crippen molar-refractivity contribution in [3.05, 3.63) is 48.6 Å². The second-order valence-corrected chi connectivity index (χ2v) is 6.32. The van der Waals surface area contributed by atoms with Crippen molar-refractivity contribution >= 4 is 5.97 Å². The third kappa shape index (κ3) is 2.07. The standard InChI is InChI=1S/C18H22O5/c1-4-16(3)12-22-17(20)11-14(13-9-7-6-8-10-13)23-18(16,17)15(19)21-5-2/h4,6-10,14,20H,1,5,11-12H2,2-3H3/t14-,16+,17+,18+/m1/s1. The Morgan fingerprint density at radius 2 is 2.17 bits per heavy atom. The summed E-state index contributed by atoms with van der Waals surface area (Å²) in [6.07, 6.45) is 1.32. The molecule has 2 saturated heterocycles. The minimum absolute atomic E-state index is 0.146. The van der Waals surface area contributed by atoms with E-state index in [0.29, 0.717) is 0 Å². The number of ether oxygens (including phenoxy) is 3. The van der Waals surface area contributed by atoms with E-state index in [1.165, 1.54) is 0 Å². The fourth-order valence-electron chi connectivity index (χ4n) is 3.58. The van der Waals surface area contributed by atoms with E-state index < -0.39 is 28.9 Å². The number of hydrogen-bond acceptors (Lipinski definition) is 5. The first-order valence-electron chi connectivity index (χ1n) is 7.82. The molecule has 124 valence electrons. The van der Waals surface area contributed by atoms with Crippen LogP contribution < -0.4 is 0 Å². The van der Waals surface area contributed by atoms with Crippen LogP contribution in [0, 0.1) is 5.41 Å². The van der Waals surface area contributed by atoms with Gasteiger partial charge in [-0.25, -0.2) is 4.79 Å². The Kier molecular flexibility index (Phi) is 3.83. The van der Waals surface area contributed by atoms with E-state index in [-0.39, 0.29) is 19.6 Å². The van der Waals surface area contributed by atoms with Crippen molar-refractivity contribution in [2.24, 2.45) is 5.41 Å². The topological polar surface area (TPSA) is 65.0 Å². The van der Waals surface area contributed by atoms with Gasteiger partial charge in [0.15, 0.2) is 0 Å². The number of fused-ring (bicyclic) bond motifs is 1. The zero-order valence-corrected chi connectivity index (χ0v) is 13.5. The maximum Gasteiger partial charge on any atom is 0.345 e. The van der Waals surface area contributed by atoms with Gasteiger partial charge in [0, 0.05) is 6.42 Å². The minimum Gasteiger partial charge on any atom is -0.464 e. The minimum atomic E-state index is -1.73. The van der Waals surface area contributed by atoms with E-state index in [9.17, 15) is 9.90 Å². The monoisotopic (exact) mass is 318 g/mol. The lowest BCUT2D eigenvalue weighted by atomic mass is 9.71. The van der Waals surface area contributed by atoms with Crippen molar-refractivity contribution in [3.63, 3.8) is 0 Å². The van der Waals surface area contributed by atoms with Crippen LogP contribution in [-0.2, 0) is 19.0 Å². The molecule has 1 N–H and O–H groups in total. The van der Waals surface area contributed by atoms with Crippen LogP contribution >= 0.6 is 0 Å². The Bertz CT molecular complexity index is 615. The van der Waals surface area contributed by atoms with Gasteiger partial charge < -0.3 is 19.3 Å². The van der Waals surface area contributed by atoms with Gasteiger partial charge in [0.05, 0.1) is 24.7 Å². The fraction of sp³-hybridized carbons (Fsp3) is 0.500. The summed E-state index contributed by atoms with van der Waals surface area (Å²) >= 11 is 0. The Morgan fingerprint density at radius 1 is 1.48 bits per heavy atom. The highest BCUT2D eigenvalue weighted by Gasteiger charge is 2.77. The van der Waals surface area contributed by atoms with Gasteiger partial charge in [-0.3, -0.25) is 0 Å². The van der Waals surface area contributed by atoms with Crippen molar-refractivity contribution in [3.8, 4) is 0 Å². The number of carbonyl (C=O) groups excluding carboxylic acids is 1.